The second kappa shape index (κ2) is 4.74. The molecule has 2 aliphatic rings. The van der Waals surface area contributed by atoms with E-state index in [1.54, 1.807) is 7.11 Å². The largest absolute Gasteiger partial charge is 0.382 e. The maximum atomic E-state index is 5.78. The van der Waals surface area contributed by atoms with E-state index in [1.807, 2.05) is 20.8 Å². The Labute approximate surface area is 102 Å². The van der Waals surface area contributed by atoms with Crippen molar-refractivity contribution < 1.29 is 37.5 Å². The summed E-state index contributed by atoms with van der Waals surface area (Å²) in [6.07, 6.45) is 0.147. The van der Waals surface area contributed by atoms with Crippen molar-refractivity contribution in [2.75, 3.05) is 13.7 Å². The standard InChI is InChI=1S/C10H18O4.V/c1-6-8-9(7(12-6)5-11-4)14-10(2,3)13-8;/h6-9H,5H2,1-4H3;/t6?,7-,8?,9?;/m1./s1. The summed E-state index contributed by atoms with van der Waals surface area (Å²) in [5, 5.41) is 0. The third kappa shape index (κ3) is 2.57. The van der Waals surface area contributed by atoms with Crippen LogP contribution in [0.1, 0.15) is 20.8 Å². The van der Waals surface area contributed by atoms with Crippen LogP contribution in [0.2, 0.25) is 0 Å². The van der Waals surface area contributed by atoms with Crippen molar-refractivity contribution >= 4 is 0 Å². The molecule has 2 heterocycles. The number of methoxy groups -OCH3 is 1. The van der Waals surface area contributed by atoms with Crippen molar-refractivity contribution in [2.24, 2.45) is 0 Å². The van der Waals surface area contributed by atoms with Crippen molar-refractivity contribution in [1.82, 2.24) is 0 Å². The van der Waals surface area contributed by atoms with E-state index in [4.69, 9.17) is 18.9 Å². The van der Waals surface area contributed by atoms with Gasteiger partial charge in [0.15, 0.2) is 5.79 Å². The first-order valence-electron chi connectivity index (χ1n) is 5.03. The van der Waals surface area contributed by atoms with Gasteiger partial charge in [0.1, 0.15) is 18.3 Å². The Hall–Kier alpha value is 0.424. The van der Waals surface area contributed by atoms with Crippen molar-refractivity contribution in [3.8, 4) is 0 Å². The van der Waals surface area contributed by atoms with Crippen LogP contribution < -0.4 is 0 Å². The molecule has 0 aliphatic carbocycles. The summed E-state index contributed by atoms with van der Waals surface area (Å²) in [6, 6.07) is 0. The average Bonchev–Trinajstić information content (AvgIpc) is 2.51. The van der Waals surface area contributed by atoms with Gasteiger partial charge >= 0.3 is 0 Å². The summed E-state index contributed by atoms with van der Waals surface area (Å²) in [7, 11) is 1.67. The normalized spacial score (nSPS) is 42.4. The van der Waals surface area contributed by atoms with Gasteiger partial charge in [-0.3, -0.25) is 0 Å². The first-order chi connectivity index (χ1) is 6.53. The molecule has 0 aromatic rings. The molecule has 15 heavy (non-hydrogen) atoms. The van der Waals surface area contributed by atoms with Gasteiger partial charge in [-0.25, -0.2) is 0 Å². The van der Waals surface area contributed by atoms with Gasteiger partial charge in [0, 0.05) is 25.7 Å². The molecule has 5 heteroatoms. The van der Waals surface area contributed by atoms with Crippen LogP contribution in [0.25, 0.3) is 0 Å². The van der Waals surface area contributed by atoms with Crippen molar-refractivity contribution in [1.29, 1.82) is 0 Å². The zero-order valence-electron chi connectivity index (χ0n) is 9.60. The molecule has 0 spiro atoms. The monoisotopic (exact) mass is 253 g/mol. The average molecular weight is 253 g/mol. The van der Waals surface area contributed by atoms with E-state index in [9.17, 15) is 0 Å². The number of hydrogen-bond donors (Lipinski definition) is 0. The molecule has 0 N–H and O–H groups in total. The zero-order chi connectivity index (χ0) is 10.3. The maximum absolute atomic E-state index is 5.78. The molecule has 87 valence electrons. The molecule has 2 saturated heterocycles. The Morgan fingerprint density at radius 2 is 1.80 bits per heavy atom. The second-order valence-electron chi connectivity index (χ2n) is 4.40. The Morgan fingerprint density at radius 3 is 2.40 bits per heavy atom. The number of rotatable bonds is 2. The van der Waals surface area contributed by atoms with Crippen molar-refractivity contribution in [3.63, 3.8) is 0 Å². The zero-order valence-corrected chi connectivity index (χ0v) is 11.0. The van der Waals surface area contributed by atoms with E-state index in [1.165, 1.54) is 0 Å². The number of hydrogen-bond acceptors (Lipinski definition) is 4. The molecule has 2 aliphatic heterocycles. The molecule has 4 atom stereocenters. The van der Waals surface area contributed by atoms with Crippen LogP contribution in [0.5, 0.6) is 0 Å². The minimum atomic E-state index is -0.487. The molecule has 2 fully saturated rings. The summed E-state index contributed by atoms with van der Waals surface area (Å²) in [5.41, 5.74) is 0. The molecule has 2 rings (SSSR count). The molecule has 0 aromatic heterocycles. The summed E-state index contributed by atoms with van der Waals surface area (Å²) < 4.78 is 22.3. The van der Waals surface area contributed by atoms with Crippen LogP contribution in [0.4, 0.5) is 0 Å². The van der Waals surface area contributed by atoms with Gasteiger partial charge in [0.25, 0.3) is 0 Å². The third-order valence-corrected chi connectivity index (χ3v) is 2.71. The Bertz CT molecular complexity index is 221. The van der Waals surface area contributed by atoms with Gasteiger partial charge in [-0.15, -0.1) is 0 Å². The summed E-state index contributed by atoms with van der Waals surface area (Å²) >= 11 is 0. The SMILES string of the molecule is COC[C@H]1OC(C)C2OC(C)(C)OC21.[V]. The molecule has 0 amide bonds. The predicted molar refractivity (Wildman–Crippen MR) is 50.0 cm³/mol. The summed E-state index contributed by atoms with van der Waals surface area (Å²) in [6.45, 7) is 6.44. The predicted octanol–water partition coefficient (Wildman–Crippen LogP) is 0.938. The number of fused-ring (bicyclic) bond motifs is 1. The smallest absolute Gasteiger partial charge is 0.164 e. The Balaban J connectivity index is 0.00000112. The van der Waals surface area contributed by atoms with Crippen molar-refractivity contribution in [3.05, 3.63) is 0 Å². The molecule has 0 saturated carbocycles. The quantitative estimate of drug-likeness (QED) is 0.734. The summed E-state index contributed by atoms with van der Waals surface area (Å²) in [5.74, 6) is -0.487. The van der Waals surface area contributed by atoms with Crippen LogP contribution in [0, 0.1) is 0 Å². The van der Waals surface area contributed by atoms with E-state index in [2.05, 4.69) is 0 Å². The first-order valence-corrected chi connectivity index (χ1v) is 5.03. The van der Waals surface area contributed by atoms with Crippen LogP contribution in [-0.2, 0) is 37.5 Å². The molecule has 1 radical (unpaired) electrons. The van der Waals surface area contributed by atoms with E-state index < -0.39 is 5.79 Å². The maximum Gasteiger partial charge on any atom is 0.164 e. The van der Waals surface area contributed by atoms with Crippen LogP contribution in [0.15, 0.2) is 0 Å². The molecule has 0 aromatic carbocycles. The van der Waals surface area contributed by atoms with Crippen LogP contribution >= 0.6 is 0 Å². The Morgan fingerprint density at radius 1 is 1.20 bits per heavy atom. The van der Waals surface area contributed by atoms with Gasteiger partial charge in [-0.1, -0.05) is 0 Å². The fourth-order valence-electron chi connectivity index (χ4n) is 2.20. The molecule has 3 unspecified atom stereocenters. The van der Waals surface area contributed by atoms with E-state index >= 15 is 0 Å². The first kappa shape index (κ1) is 13.5. The molecular weight excluding hydrogens is 235 g/mol. The molecular formula is C10H18O4V. The van der Waals surface area contributed by atoms with Crippen LogP contribution in [0.3, 0.4) is 0 Å². The van der Waals surface area contributed by atoms with E-state index in [-0.39, 0.29) is 43.0 Å². The minimum Gasteiger partial charge on any atom is -0.382 e. The van der Waals surface area contributed by atoms with E-state index in [0.717, 1.165) is 0 Å². The van der Waals surface area contributed by atoms with Gasteiger partial charge < -0.3 is 18.9 Å². The van der Waals surface area contributed by atoms with Gasteiger partial charge in [-0.05, 0) is 20.8 Å². The third-order valence-electron chi connectivity index (χ3n) is 2.71. The van der Waals surface area contributed by atoms with Crippen LogP contribution in [-0.4, -0.2) is 43.9 Å². The van der Waals surface area contributed by atoms with E-state index in [0.29, 0.717) is 6.61 Å². The topological polar surface area (TPSA) is 36.9 Å². The summed E-state index contributed by atoms with van der Waals surface area (Å²) in [4.78, 5) is 0. The molecule has 4 nitrogen and oxygen atoms in total. The van der Waals surface area contributed by atoms with Gasteiger partial charge in [0.05, 0.1) is 12.7 Å². The van der Waals surface area contributed by atoms with Crippen molar-refractivity contribution in [2.45, 2.75) is 51.0 Å². The van der Waals surface area contributed by atoms with Gasteiger partial charge in [-0.2, -0.15) is 0 Å². The fourth-order valence-corrected chi connectivity index (χ4v) is 2.20. The second-order valence-corrected chi connectivity index (χ2v) is 4.40. The molecule has 0 bridgehead atoms. The fraction of sp³-hybridized carbons (Fsp3) is 1.00. The minimum absolute atomic E-state index is 0. The number of ether oxygens (including phenoxy) is 4. The van der Waals surface area contributed by atoms with Gasteiger partial charge in [0.2, 0.25) is 0 Å². The Kier molecular flexibility index (Phi) is 4.26.